The standard InChI is InChI=1S/C18H19FN8O3/c1-18(2)16-21-12(14(29)20-9-10-3-5-11(19)6-4-10)13(28)15(30)26(16)7-8-27(18)17-22-24-25-23-17/h3-6,28H,7-9H2,1-2H3,(H,20,29)(H,22,23,24,25). The fourth-order valence-corrected chi connectivity index (χ4v) is 3.47. The van der Waals surface area contributed by atoms with Crippen molar-refractivity contribution in [3.63, 3.8) is 0 Å². The minimum absolute atomic E-state index is 0.0804. The molecule has 3 N–H and O–H groups in total. The van der Waals surface area contributed by atoms with Gasteiger partial charge in [-0.2, -0.15) is 5.21 Å². The van der Waals surface area contributed by atoms with Crippen molar-refractivity contribution in [2.75, 3.05) is 11.4 Å². The second kappa shape index (κ2) is 7.21. The van der Waals surface area contributed by atoms with Crippen molar-refractivity contribution in [3.05, 3.63) is 57.5 Å². The average molecular weight is 414 g/mol. The third kappa shape index (κ3) is 3.25. The highest BCUT2D eigenvalue weighted by atomic mass is 19.1. The Labute approximate surface area is 169 Å². The van der Waals surface area contributed by atoms with E-state index in [1.165, 1.54) is 28.8 Å². The van der Waals surface area contributed by atoms with Gasteiger partial charge in [0.2, 0.25) is 5.75 Å². The molecule has 0 aliphatic carbocycles. The van der Waals surface area contributed by atoms with Crippen molar-refractivity contribution in [1.82, 2.24) is 35.5 Å². The average Bonchev–Trinajstić information content (AvgIpc) is 3.24. The van der Waals surface area contributed by atoms with Crippen LogP contribution in [0.5, 0.6) is 5.75 Å². The van der Waals surface area contributed by atoms with Crippen LogP contribution >= 0.6 is 0 Å². The van der Waals surface area contributed by atoms with Crippen LogP contribution in [0, 0.1) is 5.82 Å². The first-order chi connectivity index (χ1) is 14.3. The molecule has 0 saturated carbocycles. The number of aromatic amines is 1. The first-order valence-corrected chi connectivity index (χ1v) is 9.17. The van der Waals surface area contributed by atoms with Crippen molar-refractivity contribution in [2.45, 2.75) is 32.5 Å². The molecule has 0 radical (unpaired) electrons. The maximum atomic E-state index is 13.0. The third-order valence-electron chi connectivity index (χ3n) is 5.07. The van der Waals surface area contributed by atoms with Crippen LogP contribution in [-0.4, -0.2) is 47.7 Å². The summed E-state index contributed by atoms with van der Waals surface area (Å²) in [6.07, 6.45) is 0. The Morgan fingerprint density at radius 3 is 2.70 bits per heavy atom. The van der Waals surface area contributed by atoms with Crippen LogP contribution in [0.1, 0.15) is 35.7 Å². The molecule has 1 aliphatic rings. The van der Waals surface area contributed by atoms with E-state index in [4.69, 9.17) is 0 Å². The summed E-state index contributed by atoms with van der Waals surface area (Å²) >= 11 is 0. The fourth-order valence-electron chi connectivity index (χ4n) is 3.47. The van der Waals surface area contributed by atoms with Crippen molar-refractivity contribution < 1.29 is 14.3 Å². The molecule has 2 aromatic heterocycles. The molecule has 3 heterocycles. The van der Waals surface area contributed by atoms with Gasteiger partial charge in [0.1, 0.15) is 11.6 Å². The molecular formula is C18H19FN8O3. The Kier molecular flexibility index (Phi) is 4.68. The van der Waals surface area contributed by atoms with E-state index in [1.54, 1.807) is 18.7 Å². The van der Waals surface area contributed by atoms with Gasteiger partial charge in [-0.3, -0.25) is 14.2 Å². The molecule has 0 unspecified atom stereocenters. The van der Waals surface area contributed by atoms with E-state index < -0.39 is 22.8 Å². The van der Waals surface area contributed by atoms with Crippen molar-refractivity contribution >= 4 is 11.9 Å². The number of fused-ring (bicyclic) bond motifs is 1. The Hall–Kier alpha value is -3.83. The third-order valence-corrected chi connectivity index (χ3v) is 5.07. The number of rotatable bonds is 4. The number of anilines is 1. The molecule has 11 nitrogen and oxygen atoms in total. The van der Waals surface area contributed by atoms with Crippen molar-refractivity contribution in [3.8, 4) is 5.75 Å². The zero-order valence-corrected chi connectivity index (χ0v) is 16.3. The summed E-state index contributed by atoms with van der Waals surface area (Å²) in [7, 11) is 0. The number of nitrogens with zero attached hydrogens (tertiary/aromatic N) is 6. The molecule has 4 rings (SSSR count). The quantitative estimate of drug-likeness (QED) is 0.553. The Balaban J connectivity index is 1.66. The van der Waals surface area contributed by atoms with E-state index in [0.29, 0.717) is 18.1 Å². The number of nitrogens with one attached hydrogen (secondary N) is 2. The predicted molar refractivity (Wildman–Crippen MR) is 102 cm³/mol. The molecule has 30 heavy (non-hydrogen) atoms. The lowest BCUT2D eigenvalue weighted by Gasteiger charge is -2.42. The minimum Gasteiger partial charge on any atom is -0.501 e. The number of halogens is 1. The van der Waals surface area contributed by atoms with Crippen LogP contribution in [0.3, 0.4) is 0 Å². The monoisotopic (exact) mass is 414 g/mol. The molecule has 3 aromatic rings. The second-order valence-corrected chi connectivity index (χ2v) is 7.32. The first-order valence-electron chi connectivity index (χ1n) is 9.17. The van der Waals surface area contributed by atoms with Crippen LogP contribution in [0.15, 0.2) is 29.1 Å². The molecule has 1 aromatic carbocycles. The van der Waals surface area contributed by atoms with E-state index in [1.807, 2.05) is 0 Å². The Morgan fingerprint density at radius 1 is 1.30 bits per heavy atom. The van der Waals surface area contributed by atoms with Gasteiger partial charge in [-0.25, -0.2) is 9.37 Å². The van der Waals surface area contributed by atoms with Crippen LogP contribution in [0.4, 0.5) is 10.3 Å². The van der Waals surface area contributed by atoms with Crippen LogP contribution in [-0.2, 0) is 18.6 Å². The smallest absolute Gasteiger partial charge is 0.296 e. The Morgan fingerprint density at radius 2 is 2.03 bits per heavy atom. The molecule has 1 amide bonds. The number of H-pyrrole nitrogens is 1. The van der Waals surface area contributed by atoms with E-state index in [-0.39, 0.29) is 30.4 Å². The summed E-state index contributed by atoms with van der Waals surface area (Å²) < 4.78 is 14.4. The van der Waals surface area contributed by atoms with Gasteiger partial charge in [0.05, 0.1) is 5.54 Å². The van der Waals surface area contributed by atoms with Gasteiger partial charge in [0.15, 0.2) is 5.69 Å². The van der Waals surface area contributed by atoms with Crippen LogP contribution in [0.25, 0.3) is 0 Å². The summed E-state index contributed by atoms with van der Waals surface area (Å²) in [6.45, 7) is 4.30. The molecular weight excluding hydrogens is 395 g/mol. The summed E-state index contributed by atoms with van der Waals surface area (Å²) in [5, 5.41) is 26.8. The number of aromatic hydroxyl groups is 1. The second-order valence-electron chi connectivity index (χ2n) is 7.32. The summed E-state index contributed by atoms with van der Waals surface area (Å²) in [6, 6.07) is 5.60. The van der Waals surface area contributed by atoms with Gasteiger partial charge in [-0.1, -0.05) is 17.2 Å². The first kappa shape index (κ1) is 19.5. The predicted octanol–water partition coefficient (Wildman–Crippen LogP) is 0.286. The number of carbonyl (C=O) groups excluding carboxylic acids is 1. The maximum absolute atomic E-state index is 13.0. The number of hydrogen-bond acceptors (Lipinski definition) is 8. The van der Waals surface area contributed by atoms with Gasteiger partial charge in [0.25, 0.3) is 17.4 Å². The molecule has 156 valence electrons. The zero-order chi connectivity index (χ0) is 21.5. The van der Waals surface area contributed by atoms with E-state index >= 15 is 0 Å². The van der Waals surface area contributed by atoms with Gasteiger partial charge in [0, 0.05) is 19.6 Å². The highest BCUT2D eigenvalue weighted by Gasteiger charge is 2.40. The summed E-state index contributed by atoms with van der Waals surface area (Å²) in [5.41, 5.74) is -1.28. The molecule has 0 bridgehead atoms. The molecule has 12 heteroatoms. The minimum atomic E-state index is -0.860. The highest BCUT2D eigenvalue weighted by Crippen LogP contribution is 2.32. The molecule has 0 saturated heterocycles. The number of hydrogen-bond donors (Lipinski definition) is 3. The van der Waals surface area contributed by atoms with Gasteiger partial charge < -0.3 is 15.3 Å². The molecule has 0 atom stereocenters. The molecule has 0 fully saturated rings. The summed E-state index contributed by atoms with van der Waals surface area (Å²) in [4.78, 5) is 31.5. The molecule has 0 spiro atoms. The van der Waals surface area contributed by atoms with E-state index in [0.717, 1.165) is 0 Å². The number of carbonyl (C=O) groups is 1. The number of amides is 1. The maximum Gasteiger partial charge on any atom is 0.296 e. The van der Waals surface area contributed by atoms with Crippen LogP contribution < -0.4 is 15.8 Å². The molecule has 1 aliphatic heterocycles. The fraction of sp³-hybridized carbons (Fsp3) is 0.333. The number of aromatic nitrogens is 6. The van der Waals surface area contributed by atoms with E-state index in [2.05, 4.69) is 30.9 Å². The summed E-state index contributed by atoms with van der Waals surface area (Å²) in [5.74, 6) is -1.21. The topological polar surface area (TPSA) is 142 Å². The van der Waals surface area contributed by atoms with Gasteiger partial charge in [-0.05, 0) is 36.8 Å². The number of benzene rings is 1. The number of tetrazole rings is 1. The van der Waals surface area contributed by atoms with E-state index in [9.17, 15) is 19.1 Å². The lowest BCUT2D eigenvalue weighted by Crippen LogP contribution is -2.53. The van der Waals surface area contributed by atoms with Gasteiger partial charge in [-0.15, -0.1) is 5.10 Å². The lowest BCUT2D eigenvalue weighted by molar-refractivity contribution is 0.0941. The zero-order valence-electron chi connectivity index (χ0n) is 16.3. The lowest BCUT2D eigenvalue weighted by atomic mass is 9.98. The van der Waals surface area contributed by atoms with Crippen molar-refractivity contribution in [1.29, 1.82) is 0 Å². The Bertz CT molecular complexity index is 1140. The SMILES string of the molecule is CC1(C)c2nc(C(=O)NCc3ccc(F)cc3)c(O)c(=O)n2CCN1c1nn[nH]n1. The van der Waals surface area contributed by atoms with Crippen molar-refractivity contribution in [2.24, 2.45) is 0 Å². The largest absolute Gasteiger partial charge is 0.501 e. The highest BCUT2D eigenvalue weighted by molar-refractivity contribution is 5.94. The van der Waals surface area contributed by atoms with Gasteiger partial charge >= 0.3 is 0 Å². The normalized spacial score (nSPS) is 15.0. The van der Waals surface area contributed by atoms with Crippen LogP contribution in [0.2, 0.25) is 0 Å².